The van der Waals surface area contributed by atoms with Crippen LogP contribution in [0, 0.1) is 5.92 Å². The maximum Gasteiger partial charge on any atom is 0.134 e. The standard InChI is InChI=1S/C13H25NO/c1-10(2)8-11(3)14(4)12-6-5-7-13(15)9-12/h10-12H,5-9H2,1-4H3. The number of Topliss-reactive ketones (excluding diaryl/α,β-unsaturated/α-hetero) is 1. The Morgan fingerprint density at radius 2 is 2.07 bits per heavy atom. The van der Waals surface area contributed by atoms with Crippen molar-refractivity contribution in [3.05, 3.63) is 0 Å². The van der Waals surface area contributed by atoms with Gasteiger partial charge in [-0.15, -0.1) is 0 Å². The SMILES string of the molecule is CC(C)CC(C)N(C)C1CCCC(=O)C1. The van der Waals surface area contributed by atoms with E-state index in [2.05, 4.69) is 32.7 Å². The van der Waals surface area contributed by atoms with E-state index in [1.165, 1.54) is 12.8 Å². The lowest BCUT2D eigenvalue weighted by atomic mass is 9.91. The van der Waals surface area contributed by atoms with Crippen LogP contribution in [0.25, 0.3) is 0 Å². The van der Waals surface area contributed by atoms with Crippen molar-refractivity contribution in [3.63, 3.8) is 0 Å². The maximum absolute atomic E-state index is 11.4. The van der Waals surface area contributed by atoms with Crippen LogP contribution < -0.4 is 0 Å². The molecular weight excluding hydrogens is 186 g/mol. The van der Waals surface area contributed by atoms with Crippen molar-refractivity contribution in [2.45, 2.75) is 65.0 Å². The Morgan fingerprint density at radius 1 is 1.40 bits per heavy atom. The zero-order valence-electron chi connectivity index (χ0n) is 10.6. The molecule has 0 N–H and O–H groups in total. The van der Waals surface area contributed by atoms with E-state index in [0.29, 0.717) is 17.9 Å². The minimum Gasteiger partial charge on any atom is -0.300 e. The molecule has 0 aromatic heterocycles. The first-order chi connectivity index (χ1) is 7.00. The summed E-state index contributed by atoms with van der Waals surface area (Å²) < 4.78 is 0. The van der Waals surface area contributed by atoms with Gasteiger partial charge < -0.3 is 4.90 Å². The van der Waals surface area contributed by atoms with E-state index < -0.39 is 0 Å². The van der Waals surface area contributed by atoms with Crippen molar-refractivity contribution in [1.82, 2.24) is 4.90 Å². The molecule has 0 radical (unpaired) electrons. The molecule has 0 aromatic carbocycles. The van der Waals surface area contributed by atoms with Crippen molar-refractivity contribution in [2.75, 3.05) is 7.05 Å². The summed E-state index contributed by atoms with van der Waals surface area (Å²) in [6.45, 7) is 6.80. The smallest absolute Gasteiger partial charge is 0.134 e. The number of ketones is 1. The van der Waals surface area contributed by atoms with Crippen molar-refractivity contribution in [3.8, 4) is 0 Å². The van der Waals surface area contributed by atoms with E-state index in [1.54, 1.807) is 0 Å². The van der Waals surface area contributed by atoms with E-state index in [9.17, 15) is 4.79 Å². The Morgan fingerprint density at radius 3 is 2.60 bits per heavy atom. The lowest BCUT2D eigenvalue weighted by molar-refractivity contribution is -0.122. The molecule has 1 saturated carbocycles. The molecule has 1 rings (SSSR count). The van der Waals surface area contributed by atoms with E-state index in [4.69, 9.17) is 0 Å². The molecule has 0 bridgehead atoms. The quantitative estimate of drug-likeness (QED) is 0.712. The molecule has 2 heteroatoms. The number of carbonyl (C=O) groups excluding carboxylic acids is 1. The lowest BCUT2D eigenvalue weighted by Gasteiger charge is -2.35. The molecule has 0 saturated heterocycles. The number of rotatable bonds is 4. The summed E-state index contributed by atoms with van der Waals surface area (Å²) in [4.78, 5) is 13.8. The Balaban J connectivity index is 2.43. The predicted molar refractivity (Wildman–Crippen MR) is 63.9 cm³/mol. The van der Waals surface area contributed by atoms with E-state index in [1.807, 2.05) is 0 Å². The van der Waals surface area contributed by atoms with Crippen LogP contribution in [0.4, 0.5) is 0 Å². The van der Waals surface area contributed by atoms with Gasteiger partial charge in [0.2, 0.25) is 0 Å². The van der Waals surface area contributed by atoms with E-state index in [-0.39, 0.29) is 0 Å². The Hall–Kier alpha value is -0.370. The highest BCUT2D eigenvalue weighted by Crippen LogP contribution is 2.22. The number of carbonyl (C=O) groups is 1. The van der Waals surface area contributed by atoms with Crippen molar-refractivity contribution in [1.29, 1.82) is 0 Å². The van der Waals surface area contributed by atoms with Gasteiger partial charge in [-0.25, -0.2) is 0 Å². The average molecular weight is 211 g/mol. The molecule has 2 nitrogen and oxygen atoms in total. The minimum absolute atomic E-state index is 0.454. The van der Waals surface area contributed by atoms with Gasteiger partial charge in [0.25, 0.3) is 0 Å². The Labute approximate surface area is 94.0 Å². The number of nitrogens with zero attached hydrogens (tertiary/aromatic N) is 1. The van der Waals surface area contributed by atoms with E-state index in [0.717, 1.165) is 25.2 Å². The molecule has 1 aliphatic rings. The monoisotopic (exact) mass is 211 g/mol. The van der Waals surface area contributed by atoms with Gasteiger partial charge in [0.15, 0.2) is 0 Å². The largest absolute Gasteiger partial charge is 0.300 e. The first-order valence-corrected chi connectivity index (χ1v) is 6.24. The second-order valence-electron chi connectivity index (χ2n) is 5.43. The van der Waals surface area contributed by atoms with Crippen LogP contribution in [0.5, 0.6) is 0 Å². The van der Waals surface area contributed by atoms with Gasteiger partial charge in [0, 0.05) is 24.9 Å². The average Bonchev–Trinajstić information content (AvgIpc) is 2.15. The van der Waals surface area contributed by atoms with Crippen LogP contribution >= 0.6 is 0 Å². The van der Waals surface area contributed by atoms with Crippen molar-refractivity contribution in [2.24, 2.45) is 5.92 Å². The van der Waals surface area contributed by atoms with Crippen LogP contribution in [-0.2, 0) is 4.79 Å². The summed E-state index contributed by atoms with van der Waals surface area (Å²) in [7, 11) is 2.18. The fourth-order valence-electron chi connectivity index (χ4n) is 2.56. The molecule has 0 heterocycles. The Kier molecular flexibility index (Phi) is 4.78. The summed E-state index contributed by atoms with van der Waals surface area (Å²) in [6.07, 6.45) is 5.09. The Bertz CT molecular complexity index is 213. The molecule has 1 aliphatic carbocycles. The topological polar surface area (TPSA) is 20.3 Å². The molecule has 2 atom stereocenters. The lowest BCUT2D eigenvalue weighted by Crippen LogP contribution is -2.42. The van der Waals surface area contributed by atoms with Gasteiger partial charge in [-0.2, -0.15) is 0 Å². The zero-order chi connectivity index (χ0) is 11.4. The van der Waals surface area contributed by atoms with Crippen LogP contribution in [0.15, 0.2) is 0 Å². The predicted octanol–water partition coefficient (Wildman–Crippen LogP) is 2.86. The van der Waals surface area contributed by atoms with E-state index >= 15 is 0 Å². The maximum atomic E-state index is 11.4. The van der Waals surface area contributed by atoms with Crippen LogP contribution in [0.1, 0.15) is 52.9 Å². The summed E-state index contributed by atoms with van der Waals surface area (Å²) in [6, 6.07) is 1.10. The summed E-state index contributed by atoms with van der Waals surface area (Å²) in [5.41, 5.74) is 0. The third kappa shape index (κ3) is 3.94. The van der Waals surface area contributed by atoms with Gasteiger partial charge in [-0.3, -0.25) is 4.79 Å². The second-order valence-corrected chi connectivity index (χ2v) is 5.43. The van der Waals surface area contributed by atoms with Gasteiger partial charge >= 0.3 is 0 Å². The van der Waals surface area contributed by atoms with Gasteiger partial charge in [-0.1, -0.05) is 13.8 Å². The highest BCUT2D eigenvalue weighted by molar-refractivity contribution is 5.79. The number of hydrogen-bond donors (Lipinski definition) is 0. The van der Waals surface area contributed by atoms with Crippen molar-refractivity contribution < 1.29 is 4.79 Å². The van der Waals surface area contributed by atoms with Crippen molar-refractivity contribution >= 4 is 5.78 Å². The molecule has 0 aliphatic heterocycles. The molecule has 88 valence electrons. The highest BCUT2D eigenvalue weighted by Gasteiger charge is 2.25. The molecule has 2 unspecified atom stereocenters. The van der Waals surface area contributed by atoms with Crippen LogP contribution in [0.3, 0.4) is 0 Å². The minimum atomic E-state index is 0.454. The molecule has 1 fully saturated rings. The zero-order valence-corrected chi connectivity index (χ0v) is 10.6. The summed E-state index contributed by atoms with van der Waals surface area (Å²) in [5, 5.41) is 0. The van der Waals surface area contributed by atoms with Crippen LogP contribution in [-0.4, -0.2) is 29.8 Å². The van der Waals surface area contributed by atoms with Gasteiger partial charge in [-0.05, 0) is 39.2 Å². The molecule has 0 aromatic rings. The molecule has 0 spiro atoms. The summed E-state index contributed by atoms with van der Waals surface area (Å²) >= 11 is 0. The number of hydrogen-bond acceptors (Lipinski definition) is 2. The first-order valence-electron chi connectivity index (χ1n) is 6.24. The third-order valence-electron chi connectivity index (χ3n) is 3.54. The highest BCUT2D eigenvalue weighted by atomic mass is 16.1. The summed E-state index contributed by atoms with van der Waals surface area (Å²) in [5.74, 6) is 1.19. The fraction of sp³-hybridized carbons (Fsp3) is 0.923. The first kappa shape index (κ1) is 12.7. The van der Waals surface area contributed by atoms with Crippen LogP contribution in [0.2, 0.25) is 0 Å². The molecule has 0 amide bonds. The molecular formula is C13H25NO. The van der Waals surface area contributed by atoms with Gasteiger partial charge in [0.1, 0.15) is 5.78 Å². The third-order valence-corrected chi connectivity index (χ3v) is 3.54. The van der Waals surface area contributed by atoms with Gasteiger partial charge in [0.05, 0.1) is 0 Å². The fourth-order valence-corrected chi connectivity index (χ4v) is 2.56. The second kappa shape index (κ2) is 5.64. The molecule has 15 heavy (non-hydrogen) atoms. The normalized spacial score (nSPS) is 24.9.